The van der Waals surface area contributed by atoms with Gasteiger partial charge in [-0.1, -0.05) is 30.3 Å². The van der Waals surface area contributed by atoms with Gasteiger partial charge in [0, 0.05) is 17.3 Å². The smallest absolute Gasteiger partial charge is 0.196 e. The van der Waals surface area contributed by atoms with Gasteiger partial charge in [-0.3, -0.25) is 4.79 Å². The lowest BCUT2D eigenvalue weighted by Crippen LogP contribution is -2.16. The summed E-state index contributed by atoms with van der Waals surface area (Å²) in [4.78, 5) is 12.8. The Morgan fingerprint density at radius 3 is 2.70 bits per heavy atom. The van der Waals surface area contributed by atoms with Crippen LogP contribution in [0.1, 0.15) is 29.7 Å². The summed E-state index contributed by atoms with van der Waals surface area (Å²) in [6, 6.07) is 15.3. The fraction of sp³-hybridized carbons (Fsp3) is 0.150. The lowest BCUT2D eigenvalue weighted by atomic mass is 9.90. The third-order valence-corrected chi connectivity index (χ3v) is 4.32. The average Bonchev–Trinajstić information content (AvgIpc) is 2.56. The van der Waals surface area contributed by atoms with Gasteiger partial charge in [0.2, 0.25) is 0 Å². The van der Waals surface area contributed by atoms with E-state index in [0.717, 1.165) is 41.7 Å². The number of nitrogen functional groups attached to an aromatic ring is 1. The molecule has 0 atom stereocenters. The first kappa shape index (κ1) is 13.8. The number of fused-ring (bicyclic) bond motifs is 2. The Balaban J connectivity index is 1.95. The van der Waals surface area contributed by atoms with Gasteiger partial charge < -0.3 is 10.2 Å². The van der Waals surface area contributed by atoms with E-state index in [0.29, 0.717) is 16.7 Å². The quantitative estimate of drug-likeness (QED) is 0.684. The Kier molecular flexibility index (Phi) is 3.27. The largest absolute Gasteiger partial charge is 0.456 e. The molecule has 2 aromatic carbocycles. The van der Waals surface area contributed by atoms with E-state index in [1.165, 1.54) is 0 Å². The van der Waals surface area contributed by atoms with Crippen molar-refractivity contribution in [3.63, 3.8) is 0 Å². The van der Waals surface area contributed by atoms with Crippen LogP contribution in [0.3, 0.4) is 0 Å². The van der Waals surface area contributed by atoms with Crippen molar-refractivity contribution in [2.75, 3.05) is 5.73 Å². The number of benzene rings is 2. The highest BCUT2D eigenvalue weighted by molar-refractivity contribution is 5.86. The van der Waals surface area contributed by atoms with Gasteiger partial charge in [0.25, 0.3) is 0 Å². The molecule has 3 nitrogen and oxygen atoms in total. The minimum atomic E-state index is 0.0694. The van der Waals surface area contributed by atoms with Crippen molar-refractivity contribution < 1.29 is 4.42 Å². The van der Waals surface area contributed by atoms with Crippen LogP contribution in [-0.4, -0.2) is 0 Å². The zero-order chi connectivity index (χ0) is 15.8. The van der Waals surface area contributed by atoms with Crippen molar-refractivity contribution in [2.24, 2.45) is 0 Å². The Hall–Kier alpha value is -2.81. The van der Waals surface area contributed by atoms with Crippen molar-refractivity contribution >= 4 is 28.3 Å². The first-order valence-electron chi connectivity index (χ1n) is 7.83. The van der Waals surface area contributed by atoms with Crippen molar-refractivity contribution in [1.82, 2.24) is 0 Å². The van der Waals surface area contributed by atoms with Crippen LogP contribution >= 0.6 is 0 Å². The Labute approximate surface area is 134 Å². The zero-order valence-electron chi connectivity index (χ0n) is 12.7. The number of anilines is 1. The predicted octanol–water partition coefficient (Wildman–Crippen LogP) is 4.25. The summed E-state index contributed by atoms with van der Waals surface area (Å²) < 4.78 is 6.08. The second-order valence-corrected chi connectivity index (χ2v) is 5.93. The molecule has 0 radical (unpaired) electrons. The molecule has 2 N–H and O–H groups in total. The van der Waals surface area contributed by atoms with E-state index in [4.69, 9.17) is 10.2 Å². The molecule has 114 valence electrons. The minimum Gasteiger partial charge on any atom is -0.456 e. The highest BCUT2D eigenvalue weighted by Gasteiger charge is 2.21. The number of rotatable bonds is 1. The van der Waals surface area contributed by atoms with Crippen LogP contribution in [-0.2, 0) is 6.42 Å². The second kappa shape index (κ2) is 5.43. The van der Waals surface area contributed by atoms with Crippen LogP contribution in [0.25, 0.3) is 22.6 Å². The summed E-state index contributed by atoms with van der Waals surface area (Å²) in [5.41, 5.74) is 10.1. The zero-order valence-corrected chi connectivity index (χ0v) is 12.7. The summed E-state index contributed by atoms with van der Waals surface area (Å²) in [5, 5.41) is 0.610. The van der Waals surface area contributed by atoms with Crippen molar-refractivity contribution in [3.05, 3.63) is 75.6 Å². The molecule has 3 heteroatoms. The third-order valence-electron chi connectivity index (χ3n) is 4.32. The SMILES string of the molecule is Nc1ccc2c(=O)c3c(oc2c1)/C(=C\c1ccccc1)CCC3. The van der Waals surface area contributed by atoms with E-state index in [1.807, 2.05) is 18.2 Å². The highest BCUT2D eigenvalue weighted by atomic mass is 16.3. The van der Waals surface area contributed by atoms with Gasteiger partial charge in [0.15, 0.2) is 5.43 Å². The van der Waals surface area contributed by atoms with Crippen LogP contribution < -0.4 is 11.2 Å². The van der Waals surface area contributed by atoms with Gasteiger partial charge in [-0.15, -0.1) is 0 Å². The molecule has 1 aromatic heterocycles. The third kappa shape index (κ3) is 2.44. The normalized spacial score (nSPS) is 15.7. The molecule has 1 aliphatic rings. The van der Waals surface area contributed by atoms with E-state index >= 15 is 0 Å². The Morgan fingerprint density at radius 2 is 1.87 bits per heavy atom. The lowest BCUT2D eigenvalue weighted by molar-refractivity contribution is 0.559. The van der Waals surface area contributed by atoms with Crippen LogP contribution in [0.4, 0.5) is 5.69 Å². The summed E-state index contributed by atoms with van der Waals surface area (Å²) in [6.45, 7) is 0. The van der Waals surface area contributed by atoms with Crippen LogP contribution in [0.5, 0.6) is 0 Å². The summed E-state index contributed by atoms with van der Waals surface area (Å²) >= 11 is 0. The first-order valence-corrected chi connectivity index (χ1v) is 7.83. The molecule has 0 amide bonds. The van der Waals surface area contributed by atoms with Gasteiger partial charge >= 0.3 is 0 Å². The summed E-state index contributed by atoms with van der Waals surface area (Å²) in [7, 11) is 0. The lowest BCUT2D eigenvalue weighted by Gasteiger charge is -2.18. The van der Waals surface area contributed by atoms with Gasteiger partial charge in [-0.05, 0) is 48.6 Å². The van der Waals surface area contributed by atoms with Gasteiger partial charge in [0.1, 0.15) is 11.3 Å². The molecule has 0 saturated carbocycles. The number of nitrogens with two attached hydrogens (primary N) is 1. The van der Waals surface area contributed by atoms with E-state index < -0.39 is 0 Å². The minimum absolute atomic E-state index is 0.0694. The molecule has 0 spiro atoms. The van der Waals surface area contributed by atoms with Crippen molar-refractivity contribution in [1.29, 1.82) is 0 Å². The topological polar surface area (TPSA) is 56.2 Å². The van der Waals surface area contributed by atoms with E-state index in [1.54, 1.807) is 18.2 Å². The second-order valence-electron chi connectivity index (χ2n) is 5.93. The van der Waals surface area contributed by atoms with Crippen LogP contribution in [0.2, 0.25) is 0 Å². The molecule has 1 aliphatic carbocycles. The summed E-state index contributed by atoms with van der Waals surface area (Å²) in [5.74, 6) is 0.725. The fourth-order valence-electron chi connectivity index (χ4n) is 3.19. The molecule has 0 fully saturated rings. The molecule has 1 heterocycles. The Morgan fingerprint density at radius 1 is 1.04 bits per heavy atom. The number of hydrogen-bond donors (Lipinski definition) is 1. The van der Waals surface area contributed by atoms with Gasteiger partial charge in [-0.2, -0.15) is 0 Å². The molecule has 0 saturated heterocycles. The number of hydrogen-bond acceptors (Lipinski definition) is 3. The maximum Gasteiger partial charge on any atom is 0.196 e. The average molecular weight is 303 g/mol. The maximum atomic E-state index is 12.8. The molecule has 3 aromatic rings. The Bertz CT molecular complexity index is 968. The molecule has 0 unspecified atom stereocenters. The molecular weight excluding hydrogens is 286 g/mol. The van der Waals surface area contributed by atoms with Gasteiger partial charge in [0.05, 0.1) is 5.39 Å². The van der Waals surface area contributed by atoms with Crippen LogP contribution in [0.15, 0.2) is 57.7 Å². The van der Waals surface area contributed by atoms with Gasteiger partial charge in [-0.25, -0.2) is 0 Å². The molecule has 0 bridgehead atoms. The summed E-state index contributed by atoms with van der Waals surface area (Å²) in [6.07, 6.45) is 4.76. The molecule has 4 rings (SSSR count). The first-order chi connectivity index (χ1) is 11.2. The van der Waals surface area contributed by atoms with E-state index in [9.17, 15) is 4.79 Å². The maximum absolute atomic E-state index is 12.8. The number of allylic oxidation sites excluding steroid dienone is 1. The van der Waals surface area contributed by atoms with E-state index in [-0.39, 0.29) is 5.43 Å². The molecule has 23 heavy (non-hydrogen) atoms. The highest BCUT2D eigenvalue weighted by Crippen LogP contribution is 2.33. The fourth-order valence-corrected chi connectivity index (χ4v) is 3.19. The van der Waals surface area contributed by atoms with Crippen LogP contribution in [0, 0.1) is 0 Å². The monoisotopic (exact) mass is 303 g/mol. The molecular formula is C20H17NO2. The van der Waals surface area contributed by atoms with Crippen molar-refractivity contribution in [3.8, 4) is 0 Å². The van der Waals surface area contributed by atoms with Crippen molar-refractivity contribution in [2.45, 2.75) is 19.3 Å². The standard InChI is InChI=1S/C20H17NO2/c21-15-9-10-16-18(12-15)23-20-14(7-4-8-17(20)19(16)22)11-13-5-2-1-3-6-13/h1-3,5-6,9-12H,4,7-8,21H2/b14-11-. The molecule has 0 aliphatic heterocycles. The predicted molar refractivity (Wildman–Crippen MR) is 94.1 cm³/mol. The van der Waals surface area contributed by atoms with E-state index in [2.05, 4.69) is 18.2 Å².